The molecule has 0 saturated carbocycles. The Hall–Kier alpha value is -1.38. The van der Waals surface area contributed by atoms with Crippen LogP contribution in [0, 0.1) is 0 Å². The molecule has 0 unspecified atom stereocenters. The van der Waals surface area contributed by atoms with Gasteiger partial charge in [-0.1, -0.05) is 6.58 Å². The summed E-state index contributed by atoms with van der Waals surface area (Å²) in [6, 6.07) is 0. The molecule has 0 fully saturated rings. The molecule has 0 N–H and O–H groups in total. The molecule has 0 aliphatic heterocycles. The lowest BCUT2D eigenvalue weighted by molar-refractivity contribution is -0.117. The number of ketones is 1. The van der Waals surface area contributed by atoms with Crippen LogP contribution in [0.3, 0.4) is 0 Å². The lowest BCUT2D eigenvalue weighted by Gasteiger charge is -2.17. The average Bonchev–Trinajstić information content (AvgIpc) is 2.10. The Morgan fingerprint density at radius 3 is 2.62 bits per heavy atom. The zero-order chi connectivity index (χ0) is 10.3. The predicted molar refractivity (Wildman–Crippen MR) is 52.3 cm³/mol. The summed E-state index contributed by atoms with van der Waals surface area (Å²) in [6.07, 6.45) is 4.20. The summed E-state index contributed by atoms with van der Waals surface area (Å²) in [5.41, 5.74) is 0.730. The Bertz CT molecular complexity index is 231. The molecule has 0 bridgehead atoms. The van der Waals surface area contributed by atoms with E-state index >= 15 is 0 Å². The molecule has 0 amide bonds. The van der Waals surface area contributed by atoms with Crippen molar-refractivity contribution in [1.82, 2.24) is 4.90 Å². The zero-order valence-corrected chi connectivity index (χ0v) is 8.12. The van der Waals surface area contributed by atoms with Crippen molar-refractivity contribution >= 4 is 12.1 Å². The first-order valence-corrected chi connectivity index (χ1v) is 4.09. The van der Waals surface area contributed by atoms with Crippen LogP contribution in [-0.2, 0) is 9.59 Å². The van der Waals surface area contributed by atoms with Gasteiger partial charge in [-0.25, -0.2) is 0 Å². The van der Waals surface area contributed by atoms with Crippen molar-refractivity contribution in [3.8, 4) is 0 Å². The smallest absolute Gasteiger partial charge is 0.142 e. The molecule has 3 nitrogen and oxygen atoms in total. The number of rotatable bonds is 6. The van der Waals surface area contributed by atoms with Gasteiger partial charge in [0.1, 0.15) is 12.1 Å². The second-order valence-electron chi connectivity index (χ2n) is 2.86. The molecule has 0 saturated heterocycles. The quantitative estimate of drug-likeness (QED) is 0.350. The zero-order valence-electron chi connectivity index (χ0n) is 8.12. The van der Waals surface area contributed by atoms with Crippen LogP contribution in [0.2, 0.25) is 0 Å². The van der Waals surface area contributed by atoms with Gasteiger partial charge in [-0.15, -0.1) is 0 Å². The normalized spacial score (nSPS) is 10.0. The van der Waals surface area contributed by atoms with Crippen molar-refractivity contribution in [2.75, 3.05) is 13.6 Å². The highest BCUT2D eigenvalue weighted by molar-refractivity contribution is 5.75. The lowest BCUT2D eigenvalue weighted by atomic mass is 10.3. The van der Waals surface area contributed by atoms with Crippen LogP contribution in [0.1, 0.15) is 13.3 Å². The minimum absolute atomic E-state index is 0.152. The van der Waals surface area contributed by atoms with Gasteiger partial charge in [0.15, 0.2) is 0 Å². The van der Waals surface area contributed by atoms with Gasteiger partial charge in [0.05, 0.1) is 0 Å². The summed E-state index contributed by atoms with van der Waals surface area (Å²) in [5, 5.41) is 0. The summed E-state index contributed by atoms with van der Waals surface area (Å²) in [4.78, 5) is 22.5. The molecular weight excluding hydrogens is 166 g/mol. The van der Waals surface area contributed by atoms with Crippen LogP contribution in [-0.4, -0.2) is 30.6 Å². The molecule has 0 aliphatic rings. The van der Waals surface area contributed by atoms with Gasteiger partial charge in [-0.3, -0.25) is 9.59 Å². The van der Waals surface area contributed by atoms with E-state index < -0.39 is 0 Å². The maximum atomic E-state index is 10.7. The summed E-state index contributed by atoms with van der Waals surface area (Å²) >= 11 is 0. The van der Waals surface area contributed by atoms with E-state index in [1.165, 1.54) is 6.08 Å². The van der Waals surface area contributed by atoms with Gasteiger partial charge >= 0.3 is 0 Å². The van der Waals surface area contributed by atoms with Crippen LogP contribution in [0.5, 0.6) is 0 Å². The number of hydrogen-bond acceptors (Lipinski definition) is 3. The van der Waals surface area contributed by atoms with E-state index in [-0.39, 0.29) is 5.78 Å². The van der Waals surface area contributed by atoms with Gasteiger partial charge in [0.2, 0.25) is 0 Å². The average molecular weight is 181 g/mol. The first kappa shape index (κ1) is 11.6. The maximum Gasteiger partial charge on any atom is 0.142 e. The molecule has 13 heavy (non-hydrogen) atoms. The summed E-state index contributed by atoms with van der Waals surface area (Å²) in [6.45, 7) is 5.93. The van der Waals surface area contributed by atoms with Crippen molar-refractivity contribution in [1.29, 1.82) is 0 Å². The highest BCUT2D eigenvalue weighted by Crippen LogP contribution is 2.00. The molecule has 3 heteroatoms. The number of nitrogens with zero attached hydrogens (tertiary/aromatic N) is 1. The number of carbonyl (C=O) groups is 2. The molecule has 72 valence electrons. The van der Waals surface area contributed by atoms with Crippen LogP contribution in [0.15, 0.2) is 24.4 Å². The van der Waals surface area contributed by atoms with Gasteiger partial charge in [0.25, 0.3) is 0 Å². The topological polar surface area (TPSA) is 37.4 Å². The minimum atomic E-state index is 0.152. The SMILES string of the molecule is C=C(/C=C\C=O)N(C)CCC(C)=O. The van der Waals surface area contributed by atoms with Crippen molar-refractivity contribution < 1.29 is 9.59 Å². The fourth-order valence-electron chi connectivity index (χ4n) is 0.746. The third-order valence-electron chi connectivity index (χ3n) is 1.66. The van der Waals surface area contributed by atoms with E-state index in [0.717, 1.165) is 5.70 Å². The third-order valence-corrected chi connectivity index (χ3v) is 1.66. The highest BCUT2D eigenvalue weighted by atomic mass is 16.1. The number of likely N-dealkylation sites (N-methyl/N-ethyl adjacent to an activating group) is 1. The number of aldehydes is 1. The van der Waals surface area contributed by atoms with E-state index in [9.17, 15) is 9.59 Å². The molecule has 0 radical (unpaired) electrons. The van der Waals surface area contributed by atoms with Crippen LogP contribution < -0.4 is 0 Å². The third kappa shape index (κ3) is 5.84. The monoisotopic (exact) mass is 181 g/mol. The highest BCUT2D eigenvalue weighted by Gasteiger charge is 1.99. The minimum Gasteiger partial charge on any atom is -0.375 e. The van der Waals surface area contributed by atoms with E-state index in [1.54, 1.807) is 13.0 Å². The van der Waals surface area contributed by atoms with Crippen molar-refractivity contribution in [2.24, 2.45) is 0 Å². The first-order valence-electron chi connectivity index (χ1n) is 4.09. The molecule has 0 atom stereocenters. The van der Waals surface area contributed by atoms with Crippen molar-refractivity contribution in [3.63, 3.8) is 0 Å². The molecular formula is C10H15NO2. The second-order valence-corrected chi connectivity index (χ2v) is 2.86. The Kier molecular flexibility index (Phi) is 5.52. The molecule has 0 aromatic heterocycles. The lowest BCUT2D eigenvalue weighted by Crippen LogP contribution is -2.19. The summed E-state index contributed by atoms with van der Waals surface area (Å²) < 4.78 is 0. The van der Waals surface area contributed by atoms with E-state index in [2.05, 4.69) is 6.58 Å². The summed E-state index contributed by atoms with van der Waals surface area (Å²) in [5.74, 6) is 0.152. The van der Waals surface area contributed by atoms with Gasteiger partial charge in [-0.05, 0) is 19.1 Å². The van der Waals surface area contributed by atoms with E-state index in [0.29, 0.717) is 19.3 Å². The number of hydrogen-bond donors (Lipinski definition) is 0. The molecule has 0 aromatic rings. The van der Waals surface area contributed by atoms with Crippen LogP contribution in [0.4, 0.5) is 0 Å². The Morgan fingerprint density at radius 1 is 1.54 bits per heavy atom. The summed E-state index contributed by atoms with van der Waals surface area (Å²) in [7, 11) is 1.83. The number of Topliss-reactive ketones (excluding diaryl/α,β-unsaturated/α-hetero) is 1. The fourth-order valence-corrected chi connectivity index (χ4v) is 0.746. The Labute approximate surface area is 78.7 Å². The standard InChI is InChI=1S/C10H15NO2/c1-9(5-4-8-12)11(3)7-6-10(2)13/h4-5,8H,1,6-7H2,2-3H3/b5-4-. The fraction of sp³-hybridized carbons (Fsp3) is 0.400. The van der Waals surface area contributed by atoms with E-state index in [1.807, 2.05) is 11.9 Å². The predicted octanol–water partition coefficient (Wildman–Crippen LogP) is 1.17. The molecule has 0 aromatic carbocycles. The Balaban J connectivity index is 3.89. The second kappa shape index (κ2) is 6.17. The number of carbonyl (C=O) groups excluding carboxylic acids is 2. The molecule has 0 spiro atoms. The van der Waals surface area contributed by atoms with Crippen molar-refractivity contribution in [2.45, 2.75) is 13.3 Å². The Morgan fingerprint density at radius 2 is 2.15 bits per heavy atom. The largest absolute Gasteiger partial charge is 0.375 e. The van der Waals surface area contributed by atoms with Crippen LogP contribution >= 0.6 is 0 Å². The van der Waals surface area contributed by atoms with Gasteiger partial charge < -0.3 is 4.90 Å². The number of allylic oxidation sites excluding steroid dienone is 2. The molecule has 0 heterocycles. The van der Waals surface area contributed by atoms with Crippen molar-refractivity contribution in [3.05, 3.63) is 24.4 Å². The molecule has 0 aliphatic carbocycles. The first-order chi connectivity index (χ1) is 6.07. The van der Waals surface area contributed by atoms with Gasteiger partial charge in [-0.2, -0.15) is 0 Å². The van der Waals surface area contributed by atoms with E-state index in [4.69, 9.17) is 0 Å². The van der Waals surface area contributed by atoms with Gasteiger partial charge in [0, 0.05) is 25.7 Å². The van der Waals surface area contributed by atoms with Crippen LogP contribution in [0.25, 0.3) is 0 Å². The molecule has 0 rings (SSSR count). The maximum absolute atomic E-state index is 10.7.